The highest BCUT2D eigenvalue weighted by Crippen LogP contribution is 2.29. The van der Waals surface area contributed by atoms with Crippen LogP contribution in [0.3, 0.4) is 0 Å². The number of hydrogen-bond donors (Lipinski definition) is 1. The van der Waals surface area contributed by atoms with Crippen molar-refractivity contribution in [2.45, 2.75) is 161 Å². The Kier molecular flexibility index (Phi) is 27.1. The van der Waals surface area contributed by atoms with E-state index in [1.165, 1.54) is 44.9 Å². The molecule has 1 fully saturated rings. The van der Waals surface area contributed by atoms with Crippen LogP contribution in [0.15, 0.2) is 60.8 Å². The normalized spacial score (nSPS) is 17.4. The molecular formula is C40H66O6. The van der Waals surface area contributed by atoms with Gasteiger partial charge in [0.15, 0.2) is 6.10 Å². The number of carbonyl (C=O) groups excluding carboxylic acids is 2. The summed E-state index contributed by atoms with van der Waals surface area (Å²) in [6.07, 6.45) is 40.5. The van der Waals surface area contributed by atoms with Gasteiger partial charge in [0, 0.05) is 12.8 Å². The summed E-state index contributed by atoms with van der Waals surface area (Å²) in [5.74, 6) is 0.109. The Balaban J connectivity index is 1.96. The van der Waals surface area contributed by atoms with Gasteiger partial charge in [0.2, 0.25) is 0 Å². The lowest BCUT2D eigenvalue weighted by Crippen LogP contribution is -2.28. The summed E-state index contributed by atoms with van der Waals surface area (Å²) >= 11 is 0. The molecule has 1 aliphatic rings. The second kappa shape index (κ2) is 29.9. The van der Waals surface area contributed by atoms with E-state index in [1.807, 2.05) is 12.2 Å². The van der Waals surface area contributed by atoms with Crippen LogP contribution >= 0.6 is 0 Å². The van der Waals surface area contributed by atoms with Gasteiger partial charge in [0.1, 0.15) is 6.61 Å². The van der Waals surface area contributed by atoms with Crippen molar-refractivity contribution in [3.8, 4) is 0 Å². The lowest BCUT2D eigenvalue weighted by Gasteiger charge is -2.15. The summed E-state index contributed by atoms with van der Waals surface area (Å²) in [5.41, 5.74) is 0. The third-order valence-corrected chi connectivity index (χ3v) is 7.92. The van der Waals surface area contributed by atoms with Gasteiger partial charge in [-0.1, -0.05) is 139 Å². The van der Waals surface area contributed by atoms with Crippen molar-refractivity contribution in [3.05, 3.63) is 60.8 Å². The van der Waals surface area contributed by atoms with Gasteiger partial charge in [-0.2, -0.15) is 0 Å². The molecule has 0 aromatic carbocycles. The molecule has 1 aliphatic heterocycles. The number of rotatable bonds is 30. The average Bonchev–Trinajstić information content (AvgIpc) is 3.79. The summed E-state index contributed by atoms with van der Waals surface area (Å²) < 4.78 is 16.2. The van der Waals surface area contributed by atoms with Gasteiger partial charge in [-0.05, 0) is 57.3 Å². The summed E-state index contributed by atoms with van der Waals surface area (Å²) in [7, 11) is 0. The number of epoxide rings is 1. The van der Waals surface area contributed by atoms with E-state index in [1.54, 1.807) is 0 Å². The van der Waals surface area contributed by atoms with Crippen LogP contribution in [0, 0.1) is 5.92 Å². The predicted molar refractivity (Wildman–Crippen MR) is 191 cm³/mol. The van der Waals surface area contributed by atoms with Gasteiger partial charge in [0.05, 0.1) is 18.8 Å². The lowest BCUT2D eigenvalue weighted by atomic mass is 10.0. The number of ether oxygens (including phenoxy) is 3. The first-order valence-electron chi connectivity index (χ1n) is 18.3. The van der Waals surface area contributed by atoms with Crippen molar-refractivity contribution in [1.29, 1.82) is 0 Å². The Morgan fingerprint density at radius 2 is 1.20 bits per heavy atom. The van der Waals surface area contributed by atoms with Gasteiger partial charge in [0.25, 0.3) is 0 Å². The van der Waals surface area contributed by atoms with Crippen molar-refractivity contribution >= 4 is 11.9 Å². The third-order valence-electron chi connectivity index (χ3n) is 7.92. The van der Waals surface area contributed by atoms with E-state index in [-0.39, 0.29) is 31.6 Å². The Hall–Kier alpha value is -2.44. The first-order valence-corrected chi connectivity index (χ1v) is 18.3. The standard InChI is InChI=1S/C40H66O6/c1-4-5-23-29-37-38(46-37)30-25-20-16-12-8-6-7-9-13-17-21-26-31-39(42)44-34-36(33-41)45-40(43)32-27-22-18-14-10-11-15-19-24-28-35(2)3/h5,7-9,12,17,20-21,23,25,35-38,41H,4,6,10-11,13-16,18-19,22,24,26-34H2,1-3H3/b9-7-,12-8-,21-17-,23-5-,25-20-/t36-,37?,38?/m0/s1. The number of hydrogen-bond acceptors (Lipinski definition) is 6. The quantitative estimate of drug-likeness (QED) is 0.0363. The van der Waals surface area contributed by atoms with Crippen molar-refractivity contribution in [2.24, 2.45) is 5.92 Å². The molecule has 0 aromatic heterocycles. The second-order valence-electron chi connectivity index (χ2n) is 12.8. The molecule has 0 bridgehead atoms. The molecule has 0 amide bonds. The van der Waals surface area contributed by atoms with Crippen molar-refractivity contribution < 1.29 is 28.9 Å². The monoisotopic (exact) mass is 642 g/mol. The van der Waals surface area contributed by atoms with E-state index < -0.39 is 6.10 Å². The molecule has 0 aromatic rings. The molecule has 1 rings (SSSR count). The summed E-state index contributed by atoms with van der Waals surface area (Å²) in [5, 5.41) is 9.52. The first-order chi connectivity index (χ1) is 22.5. The smallest absolute Gasteiger partial charge is 0.306 e. The minimum absolute atomic E-state index is 0.111. The largest absolute Gasteiger partial charge is 0.462 e. The highest BCUT2D eigenvalue weighted by molar-refractivity contribution is 5.70. The van der Waals surface area contributed by atoms with Crippen molar-refractivity contribution in [3.63, 3.8) is 0 Å². The molecule has 262 valence electrons. The van der Waals surface area contributed by atoms with Crippen LogP contribution in [-0.4, -0.2) is 48.6 Å². The lowest BCUT2D eigenvalue weighted by molar-refractivity contribution is -0.161. The molecule has 6 heteroatoms. The molecule has 1 saturated heterocycles. The van der Waals surface area contributed by atoms with Gasteiger partial charge in [-0.25, -0.2) is 0 Å². The number of aliphatic hydroxyl groups is 1. The highest BCUT2D eigenvalue weighted by Gasteiger charge is 2.35. The maximum Gasteiger partial charge on any atom is 0.306 e. The van der Waals surface area contributed by atoms with Gasteiger partial charge < -0.3 is 19.3 Å². The Morgan fingerprint density at radius 3 is 1.76 bits per heavy atom. The molecule has 6 nitrogen and oxygen atoms in total. The zero-order valence-electron chi connectivity index (χ0n) is 29.4. The molecule has 0 saturated carbocycles. The first kappa shape index (κ1) is 41.6. The number of unbranched alkanes of at least 4 members (excludes halogenated alkanes) is 8. The molecule has 1 heterocycles. The average molecular weight is 643 g/mol. The summed E-state index contributed by atoms with van der Waals surface area (Å²) in [4.78, 5) is 24.1. The molecule has 46 heavy (non-hydrogen) atoms. The van der Waals surface area contributed by atoms with Crippen molar-refractivity contribution in [2.75, 3.05) is 13.2 Å². The minimum Gasteiger partial charge on any atom is -0.462 e. The summed E-state index contributed by atoms with van der Waals surface area (Å²) in [6.45, 7) is 6.24. The van der Waals surface area contributed by atoms with Gasteiger partial charge in [-0.15, -0.1) is 0 Å². The second-order valence-corrected chi connectivity index (χ2v) is 12.8. The molecule has 0 spiro atoms. The van der Waals surface area contributed by atoms with Crippen LogP contribution in [0.4, 0.5) is 0 Å². The Bertz CT molecular complexity index is 899. The van der Waals surface area contributed by atoms with Crippen LogP contribution in [0.2, 0.25) is 0 Å². The van der Waals surface area contributed by atoms with Crippen molar-refractivity contribution in [1.82, 2.24) is 0 Å². The Morgan fingerprint density at radius 1 is 0.674 bits per heavy atom. The van der Waals surface area contributed by atoms with Crippen LogP contribution in [0.5, 0.6) is 0 Å². The molecule has 3 atom stereocenters. The zero-order valence-corrected chi connectivity index (χ0v) is 29.4. The number of aliphatic hydroxyl groups excluding tert-OH is 1. The fourth-order valence-corrected chi connectivity index (χ4v) is 5.04. The van der Waals surface area contributed by atoms with Gasteiger partial charge in [-0.3, -0.25) is 9.59 Å². The van der Waals surface area contributed by atoms with Crippen LogP contribution in [-0.2, 0) is 23.8 Å². The number of esters is 2. The zero-order chi connectivity index (χ0) is 33.5. The number of carbonyl (C=O) groups is 2. The topological polar surface area (TPSA) is 85.4 Å². The third kappa shape index (κ3) is 26.7. The molecule has 0 aliphatic carbocycles. The van der Waals surface area contributed by atoms with E-state index in [0.717, 1.165) is 63.7 Å². The van der Waals surface area contributed by atoms with Gasteiger partial charge >= 0.3 is 11.9 Å². The SMILES string of the molecule is CC/C=C\CC1OC1C/C=C\C/C=C\C/C=C\C/C=C\CCC(=O)OC[C@H](CO)OC(=O)CCCCCCCCCCCC(C)C. The van der Waals surface area contributed by atoms with E-state index in [9.17, 15) is 14.7 Å². The van der Waals surface area contributed by atoms with Crippen LogP contribution in [0.25, 0.3) is 0 Å². The fourth-order valence-electron chi connectivity index (χ4n) is 5.04. The van der Waals surface area contributed by atoms with E-state index >= 15 is 0 Å². The highest BCUT2D eigenvalue weighted by atomic mass is 16.6. The molecule has 0 radical (unpaired) electrons. The maximum atomic E-state index is 12.1. The van der Waals surface area contributed by atoms with E-state index in [2.05, 4.69) is 69.4 Å². The van der Waals surface area contributed by atoms with Crippen LogP contribution in [0.1, 0.15) is 143 Å². The van der Waals surface area contributed by atoms with E-state index in [4.69, 9.17) is 14.2 Å². The molecule has 2 unspecified atom stereocenters. The molecular weight excluding hydrogens is 576 g/mol. The fraction of sp³-hybridized carbons (Fsp3) is 0.700. The van der Waals surface area contributed by atoms with E-state index in [0.29, 0.717) is 25.0 Å². The Labute approximate surface area is 281 Å². The van der Waals surface area contributed by atoms with Crippen LogP contribution < -0.4 is 0 Å². The predicted octanol–water partition coefficient (Wildman–Crippen LogP) is 10.1. The minimum atomic E-state index is -0.805. The maximum absolute atomic E-state index is 12.1. The summed E-state index contributed by atoms with van der Waals surface area (Å²) in [6, 6.07) is 0. The molecule has 1 N–H and O–H groups in total. The number of allylic oxidation sites excluding steroid dienone is 8.